The van der Waals surface area contributed by atoms with Crippen molar-refractivity contribution in [1.82, 2.24) is 0 Å². The molecule has 5 rings (SSSR count). The number of fused-ring (bicyclic) bond motifs is 6. The average Bonchev–Trinajstić information content (AvgIpc) is 3.02. The molecule has 4 bridgehead atoms. The van der Waals surface area contributed by atoms with Crippen molar-refractivity contribution < 1.29 is 4.79 Å². The highest BCUT2D eigenvalue weighted by Crippen LogP contribution is 2.76. The number of hydrogen-bond donors (Lipinski definition) is 0. The third kappa shape index (κ3) is 0.916. The van der Waals surface area contributed by atoms with Crippen LogP contribution in [0.25, 0.3) is 0 Å². The minimum atomic E-state index is 0.502. The van der Waals surface area contributed by atoms with Gasteiger partial charge in [0.1, 0.15) is 5.78 Å². The van der Waals surface area contributed by atoms with Crippen LogP contribution in [-0.4, -0.2) is 5.78 Å². The Kier molecular flexibility index (Phi) is 1.87. The van der Waals surface area contributed by atoms with Crippen LogP contribution in [-0.2, 0) is 4.79 Å². The zero-order valence-electron chi connectivity index (χ0n) is 11.2. The quantitative estimate of drug-likeness (QED) is 0.633. The van der Waals surface area contributed by atoms with Gasteiger partial charge in [0, 0.05) is 11.8 Å². The summed E-state index contributed by atoms with van der Waals surface area (Å²) in [5.41, 5.74) is 0.547. The second-order valence-electron chi connectivity index (χ2n) is 7.91. The molecule has 0 heterocycles. The van der Waals surface area contributed by atoms with Crippen molar-refractivity contribution >= 4 is 5.78 Å². The summed E-state index contributed by atoms with van der Waals surface area (Å²) >= 11 is 0. The third-order valence-corrected chi connectivity index (χ3v) is 7.88. The van der Waals surface area contributed by atoms with E-state index in [0.717, 1.165) is 29.5 Å². The molecule has 18 heavy (non-hydrogen) atoms. The molecular weight excluding hydrogens is 220 g/mol. The van der Waals surface area contributed by atoms with Gasteiger partial charge in [-0.1, -0.05) is 12.8 Å². The van der Waals surface area contributed by atoms with Crippen LogP contribution in [0, 0.1) is 40.9 Å². The first kappa shape index (κ1) is 10.5. The van der Waals surface area contributed by atoms with E-state index < -0.39 is 0 Å². The number of carbonyl (C=O) groups is 1. The monoisotopic (exact) mass is 244 g/mol. The Hall–Kier alpha value is -0.330. The van der Waals surface area contributed by atoms with Crippen molar-refractivity contribution in [2.24, 2.45) is 40.9 Å². The Morgan fingerprint density at radius 1 is 0.889 bits per heavy atom. The van der Waals surface area contributed by atoms with Gasteiger partial charge >= 0.3 is 0 Å². The van der Waals surface area contributed by atoms with E-state index in [4.69, 9.17) is 0 Å². The van der Waals surface area contributed by atoms with Crippen LogP contribution in [0.4, 0.5) is 0 Å². The lowest BCUT2D eigenvalue weighted by atomic mass is 9.58. The first-order chi connectivity index (χ1) is 8.83. The van der Waals surface area contributed by atoms with Crippen LogP contribution in [0.5, 0.6) is 0 Å². The van der Waals surface area contributed by atoms with Crippen molar-refractivity contribution in [2.75, 3.05) is 0 Å². The van der Waals surface area contributed by atoms with Gasteiger partial charge in [-0.25, -0.2) is 0 Å². The molecule has 1 heteroatoms. The molecule has 5 saturated carbocycles. The van der Waals surface area contributed by atoms with Gasteiger partial charge in [0.05, 0.1) is 0 Å². The molecule has 7 atom stereocenters. The Bertz CT molecular complexity index is 414. The van der Waals surface area contributed by atoms with Gasteiger partial charge < -0.3 is 0 Å². The lowest BCUT2D eigenvalue weighted by Crippen LogP contribution is -2.41. The zero-order chi connectivity index (χ0) is 11.9. The van der Waals surface area contributed by atoms with Crippen LogP contribution in [0.1, 0.15) is 57.8 Å². The highest BCUT2D eigenvalue weighted by Gasteiger charge is 2.73. The Labute approximate surface area is 110 Å². The smallest absolute Gasteiger partial charge is 0.139 e. The van der Waals surface area contributed by atoms with Crippen molar-refractivity contribution in [3.8, 4) is 0 Å². The summed E-state index contributed by atoms with van der Waals surface area (Å²) in [6, 6.07) is 0. The fourth-order valence-corrected chi connectivity index (χ4v) is 7.72. The first-order valence-electron chi connectivity index (χ1n) is 8.37. The van der Waals surface area contributed by atoms with Crippen molar-refractivity contribution in [3.63, 3.8) is 0 Å². The molecule has 5 aliphatic rings. The maximum absolute atomic E-state index is 12.8. The second kappa shape index (κ2) is 3.22. The Morgan fingerprint density at radius 2 is 1.72 bits per heavy atom. The van der Waals surface area contributed by atoms with Crippen molar-refractivity contribution in [1.29, 1.82) is 0 Å². The molecule has 0 aromatic heterocycles. The fourth-order valence-electron chi connectivity index (χ4n) is 7.72. The topological polar surface area (TPSA) is 17.1 Å². The van der Waals surface area contributed by atoms with Gasteiger partial charge in [0.25, 0.3) is 0 Å². The van der Waals surface area contributed by atoms with Gasteiger partial charge in [-0.15, -0.1) is 0 Å². The van der Waals surface area contributed by atoms with Crippen molar-refractivity contribution in [3.05, 3.63) is 0 Å². The third-order valence-electron chi connectivity index (χ3n) is 7.88. The van der Waals surface area contributed by atoms with Gasteiger partial charge in [-0.2, -0.15) is 0 Å². The van der Waals surface area contributed by atoms with E-state index in [1.165, 1.54) is 57.8 Å². The fraction of sp³-hybridized carbons (Fsp3) is 0.941. The first-order valence-corrected chi connectivity index (χ1v) is 8.37. The number of carbonyl (C=O) groups excluding carboxylic acids is 1. The highest BCUT2D eigenvalue weighted by molar-refractivity contribution is 5.88. The summed E-state index contributed by atoms with van der Waals surface area (Å²) in [5.74, 6) is 5.52. The van der Waals surface area contributed by atoms with Crippen LogP contribution in [0.3, 0.4) is 0 Å². The maximum atomic E-state index is 12.8. The average molecular weight is 244 g/mol. The minimum absolute atomic E-state index is 0.502. The molecular formula is C17H24O. The van der Waals surface area contributed by atoms with Crippen molar-refractivity contribution in [2.45, 2.75) is 57.8 Å². The molecule has 98 valence electrons. The van der Waals surface area contributed by atoms with Gasteiger partial charge in [-0.3, -0.25) is 4.79 Å². The van der Waals surface area contributed by atoms with E-state index in [1.807, 2.05) is 0 Å². The lowest BCUT2D eigenvalue weighted by molar-refractivity contribution is -0.126. The summed E-state index contributed by atoms with van der Waals surface area (Å²) in [5, 5.41) is 0. The normalized spacial score (nSPS) is 60.8. The van der Waals surface area contributed by atoms with Crippen LogP contribution >= 0.6 is 0 Å². The van der Waals surface area contributed by atoms with Gasteiger partial charge in [0.2, 0.25) is 0 Å². The van der Waals surface area contributed by atoms with E-state index in [9.17, 15) is 4.79 Å². The zero-order valence-corrected chi connectivity index (χ0v) is 11.2. The van der Waals surface area contributed by atoms with E-state index in [0.29, 0.717) is 17.3 Å². The van der Waals surface area contributed by atoms with E-state index >= 15 is 0 Å². The van der Waals surface area contributed by atoms with Crippen LogP contribution < -0.4 is 0 Å². The molecule has 0 saturated heterocycles. The molecule has 0 amide bonds. The largest absolute Gasteiger partial charge is 0.299 e. The summed E-state index contributed by atoms with van der Waals surface area (Å²) < 4.78 is 0. The molecule has 5 fully saturated rings. The molecule has 5 aliphatic carbocycles. The molecule has 0 N–H and O–H groups in total. The summed E-state index contributed by atoms with van der Waals surface area (Å²) in [7, 11) is 0. The number of Topliss-reactive ketones (excluding diaryl/α,β-unsaturated/α-hetero) is 1. The highest BCUT2D eigenvalue weighted by atomic mass is 16.1. The summed E-state index contributed by atoms with van der Waals surface area (Å²) in [6.45, 7) is 0. The lowest BCUT2D eigenvalue weighted by Gasteiger charge is -2.45. The predicted octanol–water partition coefficient (Wildman–Crippen LogP) is 3.82. The Balaban J connectivity index is 1.68. The van der Waals surface area contributed by atoms with E-state index in [-0.39, 0.29) is 0 Å². The summed E-state index contributed by atoms with van der Waals surface area (Å²) in [4.78, 5) is 12.8. The predicted molar refractivity (Wildman–Crippen MR) is 69.9 cm³/mol. The van der Waals surface area contributed by atoms with Gasteiger partial charge in [0.15, 0.2) is 0 Å². The minimum Gasteiger partial charge on any atom is -0.299 e. The van der Waals surface area contributed by atoms with Crippen LogP contribution in [0.15, 0.2) is 0 Å². The van der Waals surface area contributed by atoms with Crippen LogP contribution in [0.2, 0.25) is 0 Å². The number of ketones is 1. The number of rotatable bonds is 0. The van der Waals surface area contributed by atoms with Gasteiger partial charge in [-0.05, 0) is 74.0 Å². The molecule has 0 aromatic carbocycles. The molecule has 1 nitrogen and oxygen atoms in total. The maximum Gasteiger partial charge on any atom is 0.139 e. The SMILES string of the molecule is O=C1[C@H]2CCCC[C@H]1[C@]13[C@H]4CC[C@@H](C4)[C@@H]1CC[C@H]23. The molecule has 0 unspecified atom stereocenters. The molecule has 0 radical (unpaired) electrons. The standard InChI is InChI=1S/C17H24O/c18-16-12-3-1-2-4-15(16)17-11-6-5-10(9-11)13(17)7-8-14(12)17/h10-15H,1-9H2/t10-,11-,12-,13-,14+,15+,17+/m0/s1. The second-order valence-corrected chi connectivity index (χ2v) is 7.91. The van der Waals surface area contributed by atoms with E-state index in [1.54, 1.807) is 0 Å². The Morgan fingerprint density at radius 3 is 2.67 bits per heavy atom. The summed E-state index contributed by atoms with van der Waals surface area (Å²) in [6.07, 6.45) is 12.5. The molecule has 1 spiro atoms. The molecule has 0 aromatic rings. The number of hydrogen-bond acceptors (Lipinski definition) is 1. The molecule has 0 aliphatic heterocycles. The van der Waals surface area contributed by atoms with E-state index in [2.05, 4.69) is 0 Å².